The molecule has 3 nitrogen and oxygen atoms in total. The fraction of sp³-hybridized carbons (Fsp3) is 0.500. The molecule has 0 N–H and O–H groups in total. The molecule has 5 heteroatoms. The van der Waals surface area contributed by atoms with Gasteiger partial charge in [-0.05, 0) is 20.3 Å². The first kappa shape index (κ1) is 13.4. The fourth-order valence-electron chi connectivity index (χ4n) is 1.24. The van der Waals surface area contributed by atoms with E-state index in [0.29, 0.717) is 0 Å². The van der Waals surface area contributed by atoms with Gasteiger partial charge in [0.05, 0.1) is 4.75 Å². The van der Waals surface area contributed by atoms with Crippen molar-refractivity contribution < 1.29 is 42.5 Å². The molecule has 0 saturated carbocycles. The Morgan fingerprint density at radius 2 is 2.08 bits per heavy atom. The number of rotatable bonds is 1. The van der Waals surface area contributed by atoms with Crippen LogP contribution in [0.15, 0.2) is 23.8 Å². The second-order valence-electron chi connectivity index (χ2n) is 3.26. The largest absolute Gasteiger partial charge is 1.00 e. The van der Waals surface area contributed by atoms with Gasteiger partial charge in [0.25, 0.3) is 0 Å². The summed E-state index contributed by atoms with van der Waals surface area (Å²) in [6.07, 6.45) is 5.31. The molecule has 0 radical (unpaired) electrons. The monoisotopic (exact) mass is 210 g/mol. The molecule has 0 spiro atoms. The molecule has 0 amide bonds. The molecule has 1 atom stereocenters. The zero-order chi connectivity index (χ0) is 9.41. The van der Waals surface area contributed by atoms with E-state index in [0.717, 1.165) is 5.57 Å². The summed E-state index contributed by atoms with van der Waals surface area (Å²) in [7, 11) is -4.24. The van der Waals surface area contributed by atoms with Crippen molar-refractivity contribution in [2.24, 2.45) is 0 Å². The molecule has 0 aliphatic heterocycles. The zero-order valence-corrected chi connectivity index (χ0v) is 10.9. The van der Waals surface area contributed by atoms with Crippen LogP contribution in [0.3, 0.4) is 0 Å². The second-order valence-corrected chi connectivity index (χ2v) is 5.10. The Kier molecular flexibility index (Phi) is 4.40. The van der Waals surface area contributed by atoms with E-state index in [-0.39, 0.29) is 36.0 Å². The smallest absolute Gasteiger partial charge is 0.747 e. The summed E-state index contributed by atoms with van der Waals surface area (Å²) in [4.78, 5) is 0. The van der Waals surface area contributed by atoms with Gasteiger partial charge in [0.2, 0.25) is 0 Å². The molecule has 0 aromatic heterocycles. The molecule has 1 rings (SSSR count). The summed E-state index contributed by atoms with van der Waals surface area (Å²) in [6.45, 7) is 3.22. The van der Waals surface area contributed by atoms with Crippen molar-refractivity contribution in [3.05, 3.63) is 23.8 Å². The van der Waals surface area contributed by atoms with Crippen LogP contribution in [0.2, 0.25) is 0 Å². The van der Waals surface area contributed by atoms with Crippen LogP contribution in [0.4, 0.5) is 0 Å². The van der Waals surface area contributed by atoms with Gasteiger partial charge in [0, 0.05) is 0 Å². The number of hydrogen-bond donors (Lipinski definition) is 0. The zero-order valence-electron chi connectivity index (χ0n) is 8.07. The summed E-state index contributed by atoms with van der Waals surface area (Å²) in [5.74, 6) is 0. The van der Waals surface area contributed by atoms with E-state index in [1.54, 1.807) is 13.0 Å². The Bertz CT molecular complexity index is 342. The Hall–Kier alpha value is 0.390. The van der Waals surface area contributed by atoms with Gasteiger partial charge < -0.3 is 4.55 Å². The van der Waals surface area contributed by atoms with Crippen molar-refractivity contribution in [1.82, 2.24) is 0 Å². The van der Waals surface area contributed by atoms with E-state index in [9.17, 15) is 13.0 Å². The molecule has 0 saturated heterocycles. The standard InChI is InChI=1S/C8H12O3S.Na/c1-7-4-3-5-8(2,6-7)12(9,10)11;/h3-4,6H,5H2,1-2H3,(H,9,10,11);/q;+1/p-1. The van der Waals surface area contributed by atoms with Crippen LogP contribution in [-0.2, 0) is 10.1 Å². The average molecular weight is 210 g/mol. The molecule has 0 bridgehead atoms. The van der Waals surface area contributed by atoms with E-state index >= 15 is 0 Å². The fourth-order valence-corrected chi connectivity index (χ4v) is 1.87. The average Bonchev–Trinajstić information content (AvgIpc) is 1.83. The van der Waals surface area contributed by atoms with E-state index in [4.69, 9.17) is 0 Å². The molecule has 0 heterocycles. The maximum absolute atomic E-state index is 10.8. The Labute approximate surface area is 101 Å². The minimum absolute atomic E-state index is 0. The molecule has 1 aliphatic carbocycles. The minimum Gasteiger partial charge on any atom is -0.747 e. The third kappa shape index (κ3) is 2.92. The predicted octanol–water partition coefficient (Wildman–Crippen LogP) is -1.80. The maximum atomic E-state index is 10.8. The van der Waals surface area contributed by atoms with E-state index < -0.39 is 14.9 Å². The van der Waals surface area contributed by atoms with Crippen molar-refractivity contribution in [3.63, 3.8) is 0 Å². The molecule has 13 heavy (non-hydrogen) atoms. The predicted molar refractivity (Wildman–Crippen MR) is 45.6 cm³/mol. The number of hydrogen-bond acceptors (Lipinski definition) is 3. The number of allylic oxidation sites excluding steroid dienone is 3. The van der Waals surface area contributed by atoms with Crippen LogP contribution in [0.1, 0.15) is 20.3 Å². The van der Waals surface area contributed by atoms with Crippen molar-refractivity contribution in [3.8, 4) is 0 Å². The molecule has 1 unspecified atom stereocenters. The summed E-state index contributed by atoms with van der Waals surface area (Å²) in [5.41, 5.74) is 0.822. The Balaban J connectivity index is 0.00000144. The summed E-state index contributed by atoms with van der Waals surface area (Å²) in [5, 5.41) is 0. The molecule has 68 valence electrons. The topological polar surface area (TPSA) is 57.2 Å². The normalized spacial score (nSPS) is 27.8. The Morgan fingerprint density at radius 3 is 2.38 bits per heavy atom. The Morgan fingerprint density at radius 1 is 1.54 bits per heavy atom. The van der Waals surface area contributed by atoms with E-state index in [1.165, 1.54) is 13.0 Å². The van der Waals surface area contributed by atoms with Crippen LogP contribution in [0.25, 0.3) is 0 Å². The minimum atomic E-state index is -4.24. The van der Waals surface area contributed by atoms with Gasteiger partial charge in [-0.1, -0.05) is 23.8 Å². The molecular weight excluding hydrogens is 199 g/mol. The van der Waals surface area contributed by atoms with Gasteiger partial charge in [-0.15, -0.1) is 0 Å². The summed E-state index contributed by atoms with van der Waals surface area (Å²) in [6, 6.07) is 0. The molecular formula is C8H11NaO3S. The first-order valence-electron chi connectivity index (χ1n) is 3.67. The first-order chi connectivity index (χ1) is 5.35. The van der Waals surface area contributed by atoms with Crippen LogP contribution in [0, 0.1) is 0 Å². The van der Waals surface area contributed by atoms with Crippen molar-refractivity contribution in [1.29, 1.82) is 0 Å². The first-order valence-corrected chi connectivity index (χ1v) is 5.07. The SMILES string of the molecule is CC1=CC(C)(S(=O)(=O)[O-])CC=C1.[Na+]. The molecule has 1 aliphatic rings. The second kappa shape index (κ2) is 4.28. The van der Waals surface area contributed by atoms with Gasteiger partial charge in [-0.2, -0.15) is 0 Å². The molecule has 0 aromatic rings. The van der Waals surface area contributed by atoms with Crippen LogP contribution in [0.5, 0.6) is 0 Å². The molecule has 0 fully saturated rings. The molecule has 0 aromatic carbocycles. The van der Waals surface area contributed by atoms with Crippen LogP contribution >= 0.6 is 0 Å². The van der Waals surface area contributed by atoms with Gasteiger partial charge >= 0.3 is 29.6 Å². The third-order valence-corrected chi connectivity index (χ3v) is 3.43. The van der Waals surface area contributed by atoms with Gasteiger partial charge in [0.15, 0.2) is 0 Å². The van der Waals surface area contributed by atoms with Crippen molar-refractivity contribution >= 4 is 10.1 Å². The van der Waals surface area contributed by atoms with E-state index in [2.05, 4.69) is 0 Å². The van der Waals surface area contributed by atoms with Crippen molar-refractivity contribution in [2.45, 2.75) is 25.0 Å². The summed E-state index contributed by atoms with van der Waals surface area (Å²) < 4.78 is 31.2. The van der Waals surface area contributed by atoms with E-state index in [1.807, 2.05) is 6.08 Å². The summed E-state index contributed by atoms with van der Waals surface area (Å²) >= 11 is 0. The van der Waals surface area contributed by atoms with Gasteiger partial charge in [-0.25, -0.2) is 8.42 Å². The van der Waals surface area contributed by atoms with Crippen LogP contribution in [-0.4, -0.2) is 17.7 Å². The quantitative estimate of drug-likeness (QED) is 0.379. The van der Waals surface area contributed by atoms with Crippen molar-refractivity contribution in [2.75, 3.05) is 0 Å². The van der Waals surface area contributed by atoms with Gasteiger partial charge in [-0.3, -0.25) is 0 Å². The van der Waals surface area contributed by atoms with Crippen LogP contribution < -0.4 is 29.6 Å². The third-order valence-electron chi connectivity index (χ3n) is 2.01. The van der Waals surface area contributed by atoms with Gasteiger partial charge in [0.1, 0.15) is 10.1 Å². The maximum Gasteiger partial charge on any atom is 1.00 e.